The van der Waals surface area contributed by atoms with Crippen LogP contribution in [-0.2, 0) is 0 Å². The quantitative estimate of drug-likeness (QED) is 0.674. The predicted octanol–water partition coefficient (Wildman–Crippen LogP) is 3.06. The summed E-state index contributed by atoms with van der Waals surface area (Å²) in [6.45, 7) is 3.91. The summed E-state index contributed by atoms with van der Waals surface area (Å²) in [7, 11) is 0. The molecule has 0 fully saturated rings. The number of nitrogens with zero attached hydrogens (tertiary/aromatic N) is 4. The topological polar surface area (TPSA) is 43.1 Å². The fourth-order valence-corrected chi connectivity index (χ4v) is 2.08. The zero-order valence-electron chi connectivity index (χ0n) is 10.1. The minimum Gasteiger partial charge on any atom is -0.191 e. The number of aromatic nitrogens is 4. The van der Waals surface area contributed by atoms with Crippen LogP contribution in [0.5, 0.6) is 0 Å². The Morgan fingerprint density at radius 3 is 2.44 bits per heavy atom. The summed E-state index contributed by atoms with van der Waals surface area (Å²) in [5.74, 6) is 0.704. The van der Waals surface area contributed by atoms with Gasteiger partial charge in [0.05, 0.1) is 0 Å². The molecule has 0 N–H and O–H groups in total. The van der Waals surface area contributed by atoms with Crippen LogP contribution in [0, 0.1) is 13.8 Å². The van der Waals surface area contributed by atoms with Gasteiger partial charge in [-0.25, -0.2) is 0 Å². The van der Waals surface area contributed by atoms with Crippen molar-refractivity contribution in [2.24, 2.45) is 0 Å². The molecule has 0 aliphatic rings. The third kappa shape index (κ3) is 1.57. The number of hydrogen-bond donors (Lipinski definition) is 0. The summed E-state index contributed by atoms with van der Waals surface area (Å²) in [5, 5.41) is 13.2. The highest BCUT2D eigenvalue weighted by molar-refractivity contribution is 6.30. The molecule has 0 aliphatic carbocycles. The minimum absolute atomic E-state index is 0.483. The van der Waals surface area contributed by atoms with E-state index in [-0.39, 0.29) is 0 Å². The maximum Gasteiger partial charge on any atom is 0.185 e. The van der Waals surface area contributed by atoms with Gasteiger partial charge in [0.2, 0.25) is 0 Å². The first kappa shape index (κ1) is 11.2. The number of fused-ring (bicyclic) bond motifs is 1. The largest absolute Gasteiger partial charge is 0.191 e. The van der Waals surface area contributed by atoms with Gasteiger partial charge in [-0.15, -0.1) is 10.2 Å². The van der Waals surface area contributed by atoms with Gasteiger partial charge in [0.25, 0.3) is 0 Å². The monoisotopic (exact) mass is 258 g/mol. The van der Waals surface area contributed by atoms with Gasteiger partial charge in [0.15, 0.2) is 16.6 Å². The molecule has 1 aromatic carbocycles. The number of benzene rings is 1. The van der Waals surface area contributed by atoms with Crippen molar-refractivity contribution in [3.8, 4) is 11.4 Å². The van der Waals surface area contributed by atoms with Crippen molar-refractivity contribution in [2.45, 2.75) is 13.8 Å². The van der Waals surface area contributed by atoms with E-state index in [4.69, 9.17) is 11.6 Å². The van der Waals surface area contributed by atoms with Crippen LogP contribution in [0.15, 0.2) is 30.3 Å². The Labute approximate surface area is 109 Å². The van der Waals surface area contributed by atoms with Crippen LogP contribution in [-0.4, -0.2) is 19.8 Å². The molecule has 3 rings (SSSR count). The van der Waals surface area contributed by atoms with E-state index in [0.29, 0.717) is 11.0 Å². The molecule has 2 aromatic heterocycles. The van der Waals surface area contributed by atoms with Crippen LogP contribution in [0.25, 0.3) is 17.0 Å². The number of hydrogen-bond acceptors (Lipinski definition) is 3. The van der Waals surface area contributed by atoms with Crippen molar-refractivity contribution in [3.05, 3.63) is 46.6 Å². The van der Waals surface area contributed by atoms with Crippen molar-refractivity contribution in [2.75, 3.05) is 0 Å². The van der Waals surface area contributed by atoms with Crippen LogP contribution in [0.1, 0.15) is 11.1 Å². The molecule has 0 radical (unpaired) electrons. The highest BCUT2D eigenvalue weighted by Crippen LogP contribution is 2.23. The second-order valence-corrected chi connectivity index (χ2v) is 4.52. The molecule has 90 valence electrons. The van der Waals surface area contributed by atoms with Crippen molar-refractivity contribution in [1.29, 1.82) is 0 Å². The Balaban J connectivity index is 2.34. The maximum atomic E-state index is 6.12. The summed E-state index contributed by atoms with van der Waals surface area (Å²) < 4.78 is 1.69. The lowest BCUT2D eigenvalue weighted by Crippen LogP contribution is -2.00. The van der Waals surface area contributed by atoms with Crippen molar-refractivity contribution in [1.82, 2.24) is 19.8 Å². The molecule has 5 heteroatoms. The molecule has 4 nitrogen and oxygen atoms in total. The molecule has 0 saturated heterocycles. The van der Waals surface area contributed by atoms with Gasteiger partial charge in [0.1, 0.15) is 0 Å². The predicted molar refractivity (Wildman–Crippen MR) is 70.7 cm³/mol. The van der Waals surface area contributed by atoms with Crippen molar-refractivity contribution in [3.63, 3.8) is 0 Å². The Kier molecular flexibility index (Phi) is 2.52. The highest BCUT2D eigenvalue weighted by Gasteiger charge is 2.14. The summed E-state index contributed by atoms with van der Waals surface area (Å²) in [5.41, 5.74) is 3.66. The first-order chi connectivity index (χ1) is 8.68. The summed E-state index contributed by atoms with van der Waals surface area (Å²) in [6, 6.07) is 9.82. The minimum atomic E-state index is 0.483. The van der Waals surface area contributed by atoms with E-state index in [1.165, 1.54) is 0 Å². The van der Waals surface area contributed by atoms with E-state index < -0.39 is 0 Å². The van der Waals surface area contributed by atoms with Gasteiger partial charge in [0, 0.05) is 11.1 Å². The van der Waals surface area contributed by atoms with E-state index >= 15 is 0 Å². The van der Waals surface area contributed by atoms with Crippen LogP contribution in [0.4, 0.5) is 0 Å². The van der Waals surface area contributed by atoms with E-state index in [2.05, 4.69) is 15.3 Å². The first-order valence-electron chi connectivity index (χ1n) is 5.62. The van der Waals surface area contributed by atoms with Crippen LogP contribution in [0.2, 0.25) is 5.15 Å². The first-order valence-corrected chi connectivity index (χ1v) is 6.00. The second kappa shape index (κ2) is 4.07. The van der Waals surface area contributed by atoms with Crippen LogP contribution < -0.4 is 0 Å². The second-order valence-electron chi connectivity index (χ2n) is 4.17. The lowest BCUT2D eigenvalue weighted by Gasteiger charge is -2.04. The Morgan fingerprint density at radius 1 is 1.00 bits per heavy atom. The van der Waals surface area contributed by atoms with Gasteiger partial charge in [-0.1, -0.05) is 41.9 Å². The van der Waals surface area contributed by atoms with Crippen LogP contribution in [0.3, 0.4) is 0 Å². The molecule has 0 aliphatic heterocycles. The average molecular weight is 259 g/mol. The van der Waals surface area contributed by atoms with E-state index in [9.17, 15) is 0 Å². The zero-order valence-corrected chi connectivity index (χ0v) is 10.8. The molecule has 0 spiro atoms. The number of aryl methyl sites for hydroxylation is 1. The van der Waals surface area contributed by atoms with Gasteiger partial charge >= 0.3 is 0 Å². The molecule has 0 saturated carbocycles. The third-order valence-electron chi connectivity index (χ3n) is 3.07. The molecule has 0 bridgehead atoms. The SMILES string of the molecule is Cc1c(Cl)nn2c(-c3ccccc3)nnc2c1C. The Morgan fingerprint density at radius 2 is 1.72 bits per heavy atom. The van der Waals surface area contributed by atoms with Gasteiger partial charge in [-0.05, 0) is 19.4 Å². The van der Waals surface area contributed by atoms with E-state index in [1.54, 1.807) is 4.52 Å². The van der Waals surface area contributed by atoms with E-state index in [0.717, 1.165) is 22.3 Å². The summed E-state index contributed by atoms with van der Waals surface area (Å²) in [4.78, 5) is 0. The summed E-state index contributed by atoms with van der Waals surface area (Å²) >= 11 is 6.12. The molecule has 0 atom stereocenters. The van der Waals surface area contributed by atoms with Crippen LogP contribution >= 0.6 is 11.6 Å². The van der Waals surface area contributed by atoms with Gasteiger partial charge in [-0.3, -0.25) is 0 Å². The molecule has 2 heterocycles. The third-order valence-corrected chi connectivity index (χ3v) is 3.43. The Bertz CT molecular complexity index is 719. The lowest BCUT2D eigenvalue weighted by molar-refractivity contribution is 0.919. The number of halogens is 1. The molecule has 0 unspecified atom stereocenters. The van der Waals surface area contributed by atoms with Crippen molar-refractivity contribution < 1.29 is 0 Å². The Hall–Kier alpha value is -1.94. The zero-order chi connectivity index (χ0) is 12.7. The van der Waals surface area contributed by atoms with Gasteiger partial charge in [-0.2, -0.15) is 9.61 Å². The summed E-state index contributed by atoms with van der Waals surface area (Å²) in [6.07, 6.45) is 0. The fraction of sp³-hybridized carbons (Fsp3) is 0.154. The molecule has 0 amide bonds. The van der Waals surface area contributed by atoms with Crippen molar-refractivity contribution >= 4 is 17.2 Å². The lowest BCUT2D eigenvalue weighted by atomic mass is 10.2. The number of rotatable bonds is 1. The highest BCUT2D eigenvalue weighted by atomic mass is 35.5. The average Bonchev–Trinajstić information content (AvgIpc) is 2.81. The fourth-order valence-electron chi connectivity index (χ4n) is 1.86. The molecule has 18 heavy (non-hydrogen) atoms. The van der Waals surface area contributed by atoms with Gasteiger partial charge < -0.3 is 0 Å². The molecular formula is C13H11ClN4. The standard InChI is InChI=1S/C13H11ClN4/c1-8-9(2)12-15-16-13(18(12)17-11(8)14)10-6-4-3-5-7-10/h3-7H,1-2H3. The maximum absolute atomic E-state index is 6.12. The normalized spacial score (nSPS) is 11.1. The smallest absolute Gasteiger partial charge is 0.185 e. The molecular weight excluding hydrogens is 248 g/mol. The van der Waals surface area contributed by atoms with E-state index in [1.807, 2.05) is 44.2 Å². The molecule has 3 aromatic rings.